The first-order valence-corrected chi connectivity index (χ1v) is 11.8. The summed E-state index contributed by atoms with van der Waals surface area (Å²) in [4.78, 5) is 36.8. The van der Waals surface area contributed by atoms with Crippen molar-refractivity contribution < 1.29 is 28.6 Å². The van der Waals surface area contributed by atoms with Gasteiger partial charge in [0.25, 0.3) is 0 Å². The molecule has 37 heavy (non-hydrogen) atoms. The predicted molar refractivity (Wildman–Crippen MR) is 138 cm³/mol. The summed E-state index contributed by atoms with van der Waals surface area (Å²) in [5, 5.41) is 5.56. The molecule has 0 saturated carbocycles. The maximum atomic E-state index is 13.1. The van der Waals surface area contributed by atoms with Crippen LogP contribution in [0.5, 0.6) is 5.75 Å². The first-order valence-electron chi connectivity index (χ1n) is 11.8. The first kappa shape index (κ1) is 27.4. The van der Waals surface area contributed by atoms with Crippen LogP contribution in [0.3, 0.4) is 0 Å². The Morgan fingerprint density at radius 2 is 1.57 bits per heavy atom. The van der Waals surface area contributed by atoms with Crippen molar-refractivity contribution in [2.75, 3.05) is 26.9 Å². The van der Waals surface area contributed by atoms with Crippen LogP contribution >= 0.6 is 0 Å². The number of benzene rings is 3. The molecule has 4 N–H and O–H groups in total. The molecule has 3 amide bonds. The number of nitrogens with two attached hydrogens (primary N) is 1. The minimum Gasteiger partial charge on any atom is -0.489 e. The summed E-state index contributed by atoms with van der Waals surface area (Å²) in [7, 11) is 1.54. The van der Waals surface area contributed by atoms with Crippen molar-refractivity contribution in [3.05, 3.63) is 101 Å². The highest BCUT2D eigenvalue weighted by Crippen LogP contribution is 2.20. The van der Waals surface area contributed by atoms with E-state index in [0.717, 1.165) is 11.1 Å². The van der Waals surface area contributed by atoms with Gasteiger partial charge in [0.05, 0.1) is 13.2 Å². The SMILES string of the molecule is COCCOCC(=O)N[C@H](C(=O)NCc1ccc(C(N)=O)cc1)c1ccc(OCc2ccccc2)cc1. The van der Waals surface area contributed by atoms with Crippen molar-refractivity contribution in [1.29, 1.82) is 0 Å². The maximum absolute atomic E-state index is 13.1. The predicted octanol–water partition coefficient (Wildman–Crippen LogP) is 2.50. The number of hydrogen-bond acceptors (Lipinski definition) is 6. The van der Waals surface area contributed by atoms with E-state index in [9.17, 15) is 14.4 Å². The van der Waals surface area contributed by atoms with Crippen LogP contribution in [0, 0.1) is 0 Å². The summed E-state index contributed by atoms with van der Waals surface area (Å²) in [6.07, 6.45) is 0. The maximum Gasteiger partial charge on any atom is 0.248 e. The minimum absolute atomic E-state index is 0.201. The smallest absolute Gasteiger partial charge is 0.248 e. The van der Waals surface area contributed by atoms with Gasteiger partial charge in [-0.2, -0.15) is 0 Å². The van der Waals surface area contributed by atoms with Gasteiger partial charge < -0.3 is 30.6 Å². The van der Waals surface area contributed by atoms with E-state index in [2.05, 4.69) is 10.6 Å². The molecule has 0 saturated heterocycles. The average molecular weight is 506 g/mol. The first-order chi connectivity index (χ1) is 18.0. The van der Waals surface area contributed by atoms with Gasteiger partial charge in [-0.3, -0.25) is 14.4 Å². The van der Waals surface area contributed by atoms with Crippen molar-refractivity contribution in [2.45, 2.75) is 19.2 Å². The van der Waals surface area contributed by atoms with E-state index in [0.29, 0.717) is 30.1 Å². The molecule has 3 aromatic rings. The number of carbonyl (C=O) groups excluding carboxylic acids is 3. The fourth-order valence-corrected chi connectivity index (χ4v) is 3.39. The number of primary amides is 1. The van der Waals surface area contributed by atoms with Gasteiger partial charge in [0, 0.05) is 19.2 Å². The normalized spacial score (nSPS) is 11.4. The van der Waals surface area contributed by atoms with Crippen LogP contribution in [0.2, 0.25) is 0 Å². The fraction of sp³-hybridized carbons (Fsp3) is 0.250. The molecule has 9 nitrogen and oxygen atoms in total. The van der Waals surface area contributed by atoms with E-state index in [1.54, 1.807) is 55.6 Å². The summed E-state index contributed by atoms with van der Waals surface area (Å²) in [5.41, 5.74) is 8.04. The summed E-state index contributed by atoms with van der Waals surface area (Å²) in [6, 6.07) is 22.4. The second-order valence-electron chi connectivity index (χ2n) is 8.17. The second kappa shape index (κ2) is 14.4. The molecule has 3 aromatic carbocycles. The van der Waals surface area contributed by atoms with E-state index in [1.807, 2.05) is 30.3 Å². The van der Waals surface area contributed by atoms with Crippen molar-refractivity contribution in [2.24, 2.45) is 5.73 Å². The number of methoxy groups -OCH3 is 1. The molecular formula is C28H31N3O6. The molecular weight excluding hydrogens is 474 g/mol. The standard InChI is InChI=1S/C28H31N3O6/c1-35-15-16-36-19-25(32)31-26(28(34)30-17-20-7-9-23(10-8-20)27(29)33)22-11-13-24(14-12-22)37-18-21-5-3-2-4-6-21/h2-14,26H,15-19H2,1H3,(H2,29,33)(H,30,34)(H,31,32)/t26-/m0/s1. The number of nitrogens with one attached hydrogen (secondary N) is 2. The fourth-order valence-electron chi connectivity index (χ4n) is 3.39. The molecule has 0 aliphatic heterocycles. The Morgan fingerprint density at radius 3 is 2.22 bits per heavy atom. The van der Waals surface area contributed by atoms with Crippen molar-refractivity contribution in [1.82, 2.24) is 10.6 Å². The molecule has 1 atom stereocenters. The van der Waals surface area contributed by atoms with Gasteiger partial charge >= 0.3 is 0 Å². The van der Waals surface area contributed by atoms with Crippen LogP contribution in [0.4, 0.5) is 0 Å². The third kappa shape index (κ3) is 9.06. The molecule has 194 valence electrons. The van der Waals surface area contributed by atoms with Crippen LogP contribution in [-0.4, -0.2) is 44.7 Å². The van der Waals surface area contributed by atoms with E-state index in [4.69, 9.17) is 19.9 Å². The van der Waals surface area contributed by atoms with Crippen molar-refractivity contribution in [3.63, 3.8) is 0 Å². The molecule has 0 aliphatic carbocycles. The van der Waals surface area contributed by atoms with E-state index < -0.39 is 23.8 Å². The highest BCUT2D eigenvalue weighted by atomic mass is 16.5. The second-order valence-corrected chi connectivity index (χ2v) is 8.17. The third-order valence-electron chi connectivity index (χ3n) is 5.40. The van der Waals surface area contributed by atoms with E-state index in [-0.39, 0.29) is 19.8 Å². The van der Waals surface area contributed by atoms with Crippen molar-refractivity contribution >= 4 is 17.7 Å². The zero-order chi connectivity index (χ0) is 26.5. The Labute approximate surface area is 215 Å². The minimum atomic E-state index is -0.952. The van der Waals surface area contributed by atoms with Gasteiger partial charge in [-0.25, -0.2) is 0 Å². The highest BCUT2D eigenvalue weighted by molar-refractivity contribution is 5.92. The number of rotatable bonds is 14. The lowest BCUT2D eigenvalue weighted by Gasteiger charge is -2.19. The van der Waals surface area contributed by atoms with Gasteiger partial charge in [0.2, 0.25) is 17.7 Å². The Kier molecular flexibility index (Phi) is 10.6. The Morgan fingerprint density at radius 1 is 0.865 bits per heavy atom. The van der Waals surface area contributed by atoms with E-state index in [1.165, 1.54) is 0 Å². The van der Waals surface area contributed by atoms with Gasteiger partial charge in [0.15, 0.2) is 0 Å². The summed E-state index contributed by atoms with van der Waals surface area (Å²) in [5.74, 6) is -0.730. The Bertz CT molecular complexity index is 1150. The van der Waals surface area contributed by atoms with Crippen LogP contribution in [0.25, 0.3) is 0 Å². The lowest BCUT2D eigenvalue weighted by molar-refractivity contribution is -0.132. The lowest BCUT2D eigenvalue weighted by atomic mass is 10.1. The molecule has 0 spiro atoms. The molecule has 0 radical (unpaired) electrons. The van der Waals surface area contributed by atoms with Crippen LogP contribution in [0.1, 0.15) is 33.1 Å². The summed E-state index contributed by atoms with van der Waals surface area (Å²) in [6.45, 7) is 1.02. The topological polar surface area (TPSA) is 129 Å². The number of carbonyl (C=O) groups is 3. The molecule has 0 heterocycles. The van der Waals surface area contributed by atoms with Gasteiger partial charge in [-0.1, -0.05) is 54.6 Å². The molecule has 0 bridgehead atoms. The van der Waals surface area contributed by atoms with Crippen LogP contribution < -0.4 is 21.1 Å². The molecule has 0 fully saturated rings. The Balaban J connectivity index is 1.66. The summed E-state index contributed by atoms with van der Waals surface area (Å²) >= 11 is 0. The van der Waals surface area contributed by atoms with Crippen LogP contribution in [0.15, 0.2) is 78.9 Å². The zero-order valence-electron chi connectivity index (χ0n) is 20.6. The Hall–Kier alpha value is -4.21. The lowest BCUT2D eigenvalue weighted by Crippen LogP contribution is -2.41. The van der Waals surface area contributed by atoms with E-state index >= 15 is 0 Å². The van der Waals surface area contributed by atoms with Gasteiger partial charge in [-0.05, 0) is 41.0 Å². The number of hydrogen-bond donors (Lipinski definition) is 3. The summed E-state index contributed by atoms with van der Waals surface area (Å²) < 4.78 is 16.0. The van der Waals surface area contributed by atoms with Crippen LogP contribution in [-0.2, 0) is 32.2 Å². The average Bonchev–Trinajstić information content (AvgIpc) is 2.93. The molecule has 0 aliphatic rings. The molecule has 3 rings (SSSR count). The largest absolute Gasteiger partial charge is 0.489 e. The number of amides is 3. The zero-order valence-corrected chi connectivity index (χ0v) is 20.6. The monoisotopic (exact) mass is 505 g/mol. The molecule has 0 unspecified atom stereocenters. The highest BCUT2D eigenvalue weighted by Gasteiger charge is 2.23. The quantitative estimate of drug-likeness (QED) is 0.289. The molecule has 9 heteroatoms. The van der Waals surface area contributed by atoms with Gasteiger partial charge in [-0.15, -0.1) is 0 Å². The molecule has 0 aromatic heterocycles. The van der Waals surface area contributed by atoms with Gasteiger partial charge in [0.1, 0.15) is 25.0 Å². The number of ether oxygens (including phenoxy) is 3. The third-order valence-corrected chi connectivity index (χ3v) is 5.40. The van der Waals surface area contributed by atoms with Crippen molar-refractivity contribution in [3.8, 4) is 5.75 Å².